The van der Waals surface area contributed by atoms with E-state index in [9.17, 15) is 4.39 Å². The van der Waals surface area contributed by atoms with Crippen molar-refractivity contribution in [3.05, 3.63) is 58.9 Å². The maximum absolute atomic E-state index is 13.9. The van der Waals surface area contributed by atoms with Gasteiger partial charge in [0.15, 0.2) is 0 Å². The number of aryl methyl sites for hydroxylation is 3. The van der Waals surface area contributed by atoms with Crippen LogP contribution in [0.4, 0.5) is 15.8 Å². The fourth-order valence-corrected chi connectivity index (χ4v) is 7.10. The number of nitrogens with zero attached hydrogens (tertiary/aromatic N) is 3. The highest BCUT2D eigenvalue weighted by atomic mass is 32.1. The zero-order valence-electron chi connectivity index (χ0n) is 20.7. The van der Waals surface area contributed by atoms with Gasteiger partial charge >= 0.3 is 0 Å². The summed E-state index contributed by atoms with van der Waals surface area (Å²) in [4.78, 5) is 11.3. The van der Waals surface area contributed by atoms with E-state index in [1.165, 1.54) is 55.2 Å². The second-order valence-corrected chi connectivity index (χ2v) is 10.9. The van der Waals surface area contributed by atoms with E-state index in [1.807, 2.05) is 12.1 Å². The summed E-state index contributed by atoms with van der Waals surface area (Å²) in [5.41, 5.74) is 5.54. The van der Waals surface area contributed by atoms with Crippen molar-refractivity contribution in [2.75, 3.05) is 18.0 Å². The molecule has 1 aliphatic carbocycles. The lowest BCUT2D eigenvalue weighted by Crippen LogP contribution is -2.52. The fourth-order valence-electron chi connectivity index (χ4n) is 6.59. The zero-order chi connectivity index (χ0) is 23.9. The first-order valence-corrected chi connectivity index (χ1v) is 13.3. The molecule has 3 aliphatic rings. The standard InChI is InChI=1S/C29H36FN3S/c1-20-18-21(2)25(22(3)19-20)31-27-26(32-16-8-5-9-17-32)29(14-6-4-7-15-29)28(34)33(27)24-12-10-23(30)11-13-24/h10-13,18-19,26H,4-9,14-17H2,1-3H3. The van der Waals surface area contributed by atoms with Crippen molar-refractivity contribution in [3.63, 3.8) is 0 Å². The molecule has 1 spiro atoms. The predicted octanol–water partition coefficient (Wildman–Crippen LogP) is 7.43. The third-order valence-electron chi connectivity index (χ3n) is 8.07. The van der Waals surface area contributed by atoms with Gasteiger partial charge in [0.1, 0.15) is 11.7 Å². The van der Waals surface area contributed by atoms with E-state index in [0.29, 0.717) is 0 Å². The molecule has 5 rings (SSSR count). The van der Waals surface area contributed by atoms with Gasteiger partial charge in [-0.15, -0.1) is 0 Å². The Morgan fingerprint density at radius 2 is 1.47 bits per heavy atom. The minimum Gasteiger partial charge on any atom is -0.293 e. The van der Waals surface area contributed by atoms with E-state index in [1.54, 1.807) is 12.1 Å². The Labute approximate surface area is 209 Å². The summed E-state index contributed by atoms with van der Waals surface area (Å²) in [6.45, 7) is 8.64. The SMILES string of the molecule is Cc1cc(C)c(N=C2C(N3CCCCC3)C3(CCCCC3)C(=S)N2c2ccc(F)cc2)c(C)c1. The van der Waals surface area contributed by atoms with Gasteiger partial charge in [0, 0.05) is 11.1 Å². The molecule has 2 heterocycles. The fraction of sp³-hybridized carbons (Fsp3) is 0.517. The Morgan fingerprint density at radius 3 is 2.09 bits per heavy atom. The van der Waals surface area contributed by atoms with Gasteiger partial charge in [0.25, 0.3) is 0 Å². The van der Waals surface area contributed by atoms with Crippen molar-refractivity contribution < 1.29 is 4.39 Å². The van der Waals surface area contributed by atoms with Gasteiger partial charge in [-0.05, 0) is 94.9 Å². The zero-order valence-corrected chi connectivity index (χ0v) is 21.6. The van der Waals surface area contributed by atoms with Crippen molar-refractivity contribution in [1.82, 2.24) is 4.90 Å². The van der Waals surface area contributed by atoms with Crippen molar-refractivity contribution in [1.29, 1.82) is 0 Å². The summed E-state index contributed by atoms with van der Waals surface area (Å²) in [7, 11) is 0. The number of anilines is 1. The number of hydrogen-bond donors (Lipinski definition) is 0. The number of benzene rings is 2. The molecule has 2 aromatic rings. The summed E-state index contributed by atoms with van der Waals surface area (Å²) in [5.74, 6) is 0.813. The van der Waals surface area contributed by atoms with Crippen LogP contribution in [0.25, 0.3) is 0 Å². The van der Waals surface area contributed by atoms with Crippen molar-refractivity contribution in [2.24, 2.45) is 10.4 Å². The monoisotopic (exact) mass is 477 g/mol. The van der Waals surface area contributed by atoms with Crippen LogP contribution in [0.5, 0.6) is 0 Å². The van der Waals surface area contributed by atoms with Gasteiger partial charge in [0.2, 0.25) is 0 Å². The molecule has 5 heteroatoms. The van der Waals surface area contributed by atoms with Crippen LogP contribution in [0.1, 0.15) is 68.1 Å². The highest BCUT2D eigenvalue weighted by molar-refractivity contribution is 7.80. The number of aliphatic imine (C=N–C) groups is 1. The molecule has 3 fully saturated rings. The van der Waals surface area contributed by atoms with Gasteiger partial charge in [-0.2, -0.15) is 0 Å². The molecule has 3 nitrogen and oxygen atoms in total. The van der Waals surface area contributed by atoms with Gasteiger partial charge in [-0.3, -0.25) is 9.80 Å². The summed E-state index contributed by atoms with van der Waals surface area (Å²) >= 11 is 6.34. The number of likely N-dealkylation sites (tertiary alicyclic amines) is 1. The first-order chi connectivity index (χ1) is 16.4. The third-order valence-corrected chi connectivity index (χ3v) is 8.66. The van der Waals surface area contributed by atoms with E-state index in [0.717, 1.165) is 48.1 Å². The molecule has 2 saturated heterocycles. The molecule has 0 radical (unpaired) electrons. The van der Waals surface area contributed by atoms with Crippen molar-refractivity contribution in [2.45, 2.75) is 78.2 Å². The largest absolute Gasteiger partial charge is 0.293 e. The first kappa shape index (κ1) is 23.6. The molecule has 1 unspecified atom stereocenters. The Bertz CT molecular complexity index is 1070. The van der Waals surface area contributed by atoms with Crippen LogP contribution >= 0.6 is 12.2 Å². The number of rotatable bonds is 3. The number of halogens is 1. The number of thiocarbonyl (C=S) groups is 1. The minimum atomic E-state index is -0.225. The molecule has 34 heavy (non-hydrogen) atoms. The average Bonchev–Trinajstić information content (AvgIpc) is 3.05. The lowest BCUT2D eigenvalue weighted by molar-refractivity contribution is 0.113. The van der Waals surface area contributed by atoms with Crippen LogP contribution in [0.15, 0.2) is 41.4 Å². The van der Waals surface area contributed by atoms with E-state index in [-0.39, 0.29) is 17.3 Å². The quantitative estimate of drug-likeness (QED) is 0.428. The van der Waals surface area contributed by atoms with Gasteiger partial charge in [0.05, 0.1) is 16.7 Å². The molecule has 2 aliphatic heterocycles. The summed E-state index contributed by atoms with van der Waals surface area (Å²) < 4.78 is 13.9. The van der Waals surface area contributed by atoms with E-state index < -0.39 is 0 Å². The van der Waals surface area contributed by atoms with Crippen LogP contribution in [-0.2, 0) is 0 Å². The minimum absolute atomic E-state index is 0.0787. The van der Waals surface area contributed by atoms with Crippen LogP contribution in [0.3, 0.4) is 0 Å². The first-order valence-electron chi connectivity index (χ1n) is 12.9. The summed E-state index contributed by atoms with van der Waals surface area (Å²) in [5, 5.41) is 0. The lowest BCUT2D eigenvalue weighted by atomic mass is 9.69. The highest BCUT2D eigenvalue weighted by Crippen LogP contribution is 2.51. The molecule has 2 aromatic carbocycles. The number of hydrogen-bond acceptors (Lipinski definition) is 3. The Kier molecular flexibility index (Phi) is 6.60. The Hall–Kier alpha value is -2.11. The van der Waals surface area contributed by atoms with Gasteiger partial charge in [-0.25, -0.2) is 9.38 Å². The van der Waals surface area contributed by atoms with Crippen LogP contribution in [0.2, 0.25) is 0 Å². The van der Waals surface area contributed by atoms with Crippen LogP contribution in [0, 0.1) is 32.0 Å². The van der Waals surface area contributed by atoms with Gasteiger partial charge < -0.3 is 0 Å². The molecule has 0 N–H and O–H groups in total. The smallest absolute Gasteiger partial charge is 0.133 e. The molecular weight excluding hydrogens is 441 g/mol. The maximum atomic E-state index is 13.9. The Balaban J connectivity index is 1.72. The Morgan fingerprint density at radius 1 is 0.882 bits per heavy atom. The van der Waals surface area contributed by atoms with Crippen LogP contribution < -0.4 is 4.90 Å². The second kappa shape index (κ2) is 9.50. The van der Waals surface area contributed by atoms with Crippen molar-refractivity contribution in [3.8, 4) is 0 Å². The number of amidine groups is 1. The average molecular weight is 478 g/mol. The molecule has 1 saturated carbocycles. The number of piperidine rings is 1. The third kappa shape index (κ3) is 4.11. The molecule has 0 aromatic heterocycles. The van der Waals surface area contributed by atoms with Crippen LogP contribution in [-0.4, -0.2) is 34.9 Å². The molecule has 0 amide bonds. The van der Waals surface area contributed by atoms with Gasteiger partial charge in [-0.1, -0.05) is 55.6 Å². The summed E-state index contributed by atoms with van der Waals surface area (Å²) in [6, 6.07) is 11.4. The van der Waals surface area contributed by atoms with E-state index in [4.69, 9.17) is 17.2 Å². The molecular formula is C29H36FN3S. The predicted molar refractivity (Wildman–Crippen MR) is 144 cm³/mol. The molecule has 180 valence electrons. The summed E-state index contributed by atoms with van der Waals surface area (Å²) in [6.07, 6.45) is 9.65. The maximum Gasteiger partial charge on any atom is 0.133 e. The molecule has 0 bridgehead atoms. The van der Waals surface area contributed by atoms with Crippen molar-refractivity contribution >= 4 is 34.4 Å². The lowest BCUT2D eigenvalue weighted by Gasteiger charge is -2.44. The van der Waals surface area contributed by atoms with E-state index >= 15 is 0 Å². The second-order valence-electron chi connectivity index (χ2n) is 10.6. The normalized spacial score (nSPS) is 24.4. The highest BCUT2D eigenvalue weighted by Gasteiger charge is 2.57. The van der Waals surface area contributed by atoms with E-state index in [2.05, 4.69) is 42.7 Å². The molecule has 1 atom stereocenters. The topological polar surface area (TPSA) is 18.8 Å².